The highest BCUT2D eigenvalue weighted by Crippen LogP contribution is 2.40. The van der Waals surface area contributed by atoms with E-state index in [9.17, 15) is 8.78 Å². The van der Waals surface area contributed by atoms with E-state index >= 15 is 0 Å². The first kappa shape index (κ1) is 19.5. The van der Waals surface area contributed by atoms with Crippen LogP contribution >= 0.6 is 34.9 Å². The average molecular weight is 452 g/mol. The molecular formula is C18H12ClF2N5OS2. The molecule has 2 heterocycles. The van der Waals surface area contributed by atoms with Crippen molar-refractivity contribution in [1.29, 1.82) is 0 Å². The predicted octanol–water partition coefficient (Wildman–Crippen LogP) is 5.96. The van der Waals surface area contributed by atoms with E-state index in [1.165, 1.54) is 47.9 Å². The van der Waals surface area contributed by atoms with Crippen LogP contribution in [0.3, 0.4) is 0 Å². The number of benzene rings is 2. The standard InChI is InChI=1S/C18H12ClF2N5OS2/c19-12-4-16(29-26-17-7-28-8-23-17)13(21)5-15(12)27-14-2-1-9(20)3-10(14)11-6-24-25-18(11)22/h1-8,26H,(H3,22,24,25). The largest absolute Gasteiger partial charge is 0.455 e. The molecule has 4 rings (SSSR count). The van der Waals surface area contributed by atoms with Gasteiger partial charge in [0, 0.05) is 22.6 Å². The number of aromatic amines is 1. The van der Waals surface area contributed by atoms with Crippen LogP contribution in [0, 0.1) is 11.6 Å². The van der Waals surface area contributed by atoms with Crippen molar-refractivity contribution in [2.45, 2.75) is 4.90 Å². The lowest BCUT2D eigenvalue weighted by Gasteiger charge is -2.13. The Morgan fingerprint density at radius 3 is 2.76 bits per heavy atom. The molecule has 0 saturated carbocycles. The number of nitrogens with zero attached hydrogens (tertiary/aromatic N) is 2. The fourth-order valence-electron chi connectivity index (χ4n) is 2.47. The van der Waals surface area contributed by atoms with Gasteiger partial charge in [0.2, 0.25) is 0 Å². The van der Waals surface area contributed by atoms with E-state index < -0.39 is 11.6 Å². The van der Waals surface area contributed by atoms with Crippen molar-refractivity contribution >= 4 is 46.5 Å². The van der Waals surface area contributed by atoms with Crippen LogP contribution in [0.1, 0.15) is 0 Å². The van der Waals surface area contributed by atoms with Crippen LogP contribution in [0.15, 0.2) is 52.3 Å². The number of nitrogen functional groups attached to an aromatic ring is 1. The predicted molar refractivity (Wildman–Crippen MR) is 111 cm³/mol. The Morgan fingerprint density at radius 1 is 1.17 bits per heavy atom. The van der Waals surface area contributed by atoms with E-state index in [0.717, 1.165) is 11.9 Å². The third kappa shape index (κ3) is 4.29. The van der Waals surface area contributed by atoms with Gasteiger partial charge < -0.3 is 15.2 Å². The number of hydrogen-bond donors (Lipinski definition) is 3. The lowest BCUT2D eigenvalue weighted by Crippen LogP contribution is -1.95. The summed E-state index contributed by atoms with van der Waals surface area (Å²) in [5.41, 5.74) is 8.31. The molecule has 0 atom stereocenters. The molecule has 0 saturated heterocycles. The number of ether oxygens (including phenoxy) is 1. The number of nitrogens with two attached hydrogens (primary N) is 1. The molecule has 0 aliphatic carbocycles. The molecule has 0 fully saturated rings. The van der Waals surface area contributed by atoms with Gasteiger partial charge in [0.25, 0.3) is 0 Å². The fourth-order valence-corrected chi connectivity index (χ4v) is 3.95. The van der Waals surface area contributed by atoms with Crippen LogP contribution < -0.4 is 15.2 Å². The molecule has 11 heteroatoms. The molecule has 2 aromatic carbocycles. The maximum Gasteiger partial charge on any atom is 0.149 e. The molecule has 0 spiro atoms. The summed E-state index contributed by atoms with van der Waals surface area (Å²) in [4.78, 5) is 4.33. The molecule has 0 aliphatic rings. The Labute approximate surface area is 177 Å². The van der Waals surface area contributed by atoms with Crippen molar-refractivity contribution in [3.05, 3.63) is 64.1 Å². The average Bonchev–Trinajstić information content (AvgIpc) is 3.36. The number of nitrogens with one attached hydrogen (secondary N) is 2. The van der Waals surface area contributed by atoms with Crippen LogP contribution in [0.4, 0.5) is 20.4 Å². The number of halogens is 3. The summed E-state index contributed by atoms with van der Waals surface area (Å²) < 4.78 is 37.0. The van der Waals surface area contributed by atoms with Crippen LogP contribution in [-0.2, 0) is 0 Å². The Morgan fingerprint density at radius 2 is 2.03 bits per heavy atom. The van der Waals surface area contributed by atoms with E-state index in [1.54, 1.807) is 10.9 Å². The lowest BCUT2D eigenvalue weighted by molar-refractivity contribution is 0.474. The monoisotopic (exact) mass is 451 g/mol. The Bertz CT molecular complexity index is 1150. The minimum Gasteiger partial charge on any atom is -0.455 e. The van der Waals surface area contributed by atoms with Gasteiger partial charge in [-0.3, -0.25) is 5.10 Å². The SMILES string of the molecule is Nc1[nH]ncc1-c1cc(F)ccc1Oc1cc(F)c(SNc2cscn2)cc1Cl. The van der Waals surface area contributed by atoms with E-state index in [1.807, 2.05) is 0 Å². The molecule has 2 aromatic heterocycles. The summed E-state index contributed by atoms with van der Waals surface area (Å²) in [6, 6.07) is 6.49. The topological polar surface area (TPSA) is 88.9 Å². The molecule has 4 N–H and O–H groups in total. The highest BCUT2D eigenvalue weighted by Gasteiger charge is 2.17. The van der Waals surface area contributed by atoms with Gasteiger partial charge in [0.1, 0.15) is 34.8 Å². The molecule has 0 aliphatic heterocycles. The molecule has 0 radical (unpaired) electrons. The summed E-state index contributed by atoms with van der Waals surface area (Å²) >= 11 is 8.75. The van der Waals surface area contributed by atoms with Crippen molar-refractivity contribution in [2.75, 3.05) is 10.5 Å². The quantitative estimate of drug-likeness (QED) is 0.313. The molecule has 0 amide bonds. The second kappa shape index (κ2) is 8.27. The second-order valence-corrected chi connectivity index (χ2v) is 7.70. The van der Waals surface area contributed by atoms with E-state index in [4.69, 9.17) is 22.1 Å². The summed E-state index contributed by atoms with van der Waals surface area (Å²) in [5.74, 6) is 0.176. The molecule has 6 nitrogen and oxygen atoms in total. The normalized spacial score (nSPS) is 10.9. The van der Waals surface area contributed by atoms with Crippen LogP contribution in [-0.4, -0.2) is 15.2 Å². The van der Waals surface area contributed by atoms with Crippen molar-refractivity contribution in [1.82, 2.24) is 15.2 Å². The number of hydrogen-bond acceptors (Lipinski definition) is 7. The Balaban J connectivity index is 1.62. The third-order valence-corrected chi connectivity index (χ3v) is 5.53. The van der Waals surface area contributed by atoms with Gasteiger partial charge in [0.05, 0.1) is 21.6 Å². The zero-order chi connectivity index (χ0) is 20.4. The second-order valence-electron chi connectivity index (χ2n) is 5.73. The van der Waals surface area contributed by atoms with Crippen molar-refractivity contribution in [3.63, 3.8) is 0 Å². The number of aromatic nitrogens is 3. The molecule has 0 unspecified atom stereocenters. The third-order valence-electron chi connectivity index (χ3n) is 3.80. The number of H-pyrrole nitrogens is 1. The first-order valence-electron chi connectivity index (χ1n) is 8.08. The van der Waals surface area contributed by atoms with Gasteiger partial charge in [-0.05, 0) is 36.2 Å². The minimum atomic E-state index is -0.538. The van der Waals surface area contributed by atoms with Gasteiger partial charge in [-0.15, -0.1) is 11.3 Å². The first-order chi connectivity index (χ1) is 14.0. The Kier molecular flexibility index (Phi) is 5.56. The molecule has 0 bridgehead atoms. The minimum absolute atomic E-state index is 0.0806. The van der Waals surface area contributed by atoms with E-state index in [2.05, 4.69) is 19.9 Å². The van der Waals surface area contributed by atoms with Crippen molar-refractivity contribution in [3.8, 4) is 22.6 Å². The highest BCUT2D eigenvalue weighted by atomic mass is 35.5. The van der Waals surface area contributed by atoms with Crippen LogP contribution in [0.25, 0.3) is 11.1 Å². The summed E-state index contributed by atoms with van der Waals surface area (Å²) in [6.07, 6.45) is 1.45. The fraction of sp³-hybridized carbons (Fsp3) is 0. The molecule has 148 valence electrons. The number of thiazole rings is 1. The van der Waals surface area contributed by atoms with Crippen LogP contribution in [0.2, 0.25) is 5.02 Å². The van der Waals surface area contributed by atoms with Crippen molar-refractivity contribution in [2.24, 2.45) is 0 Å². The number of rotatable bonds is 6. The lowest BCUT2D eigenvalue weighted by atomic mass is 10.1. The molecular weight excluding hydrogens is 440 g/mol. The molecule has 4 aromatic rings. The number of anilines is 2. The van der Waals surface area contributed by atoms with E-state index in [0.29, 0.717) is 16.9 Å². The summed E-state index contributed by atoms with van der Waals surface area (Å²) in [6.45, 7) is 0. The first-order valence-corrected chi connectivity index (χ1v) is 10.2. The van der Waals surface area contributed by atoms with Gasteiger partial charge in [-0.25, -0.2) is 13.8 Å². The summed E-state index contributed by atoms with van der Waals surface area (Å²) in [5, 5.41) is 8.39. The maximum absolute atomic E-state index is 14.6. The van der Waals surface area contributed by atoms with Gasteiger partial charge >= 0.3 is 0 Å². The molecule has 29 heavy (non-hydrogen) atoms. The van der Waals surface area contributed by atoms with Gasteiger partial charge in [-0.1, -0.05) is 11.6 Å². The van der Waals surface area contributed by atoms with Crippen molar-refractivity contribution < 1.29 is 13.5 Å². The van der Waals surface area contributed by atoms with Gasteiger partial charge in [0.15, 0.2) is 0 Å². The van der Waals surface area contributed by atoms with Gasteiger partial charge in [-0.2, -0.15) is 5.10 Å². The highest BCUT2D eigenvalue weighted by molar-refractivity contribution is 8.00. The zero-order valence-corrected chi connectivity index (χ0v) is 16.8. The van der Waals surface area contributed by atoms with Crippen LogP contribution in [0.5, 0.6) is 11.5 Å². The Hall–Kier alpha value is -2.82. The zero-order valence-electron chi connectivity index (χ0n) is 14.4. The maximum atomic E-state index is 14.6. The van der Waals surface area contributed by atoms with E-state index in [-0.39, 0.29) is 27.2 Å². The smallest absolute Gasteiger partial charge is 0.149 e. The summed E-state index contributed by atoms with van der Waals surface area (Å²) in [7, 11) is 0.